The van der Waals surface area contributed by atoms with Crippen LogP contribution < -0.4 is 0 Å². The number of aliphatic hydroxyl groups excluding tert-OH is 1. The normalized spacial score (nSPS) is 35.3. The molecule has 0 aliphatic heterocycles. The van der Waals surface area contributed by atoms with Crippen molar-refractivity contribution < 1.29 is 5.11 Å². The molecular weight excluding hydrogens is 294 g/mol. The van der Waals surface area contributed by atoms with Gasteiger partial charge in [-0.15, -0.1) is 0 Å². The molecule has 2 nitrogen and oxygen atoms in total. The Morgan fingerprint density at radius 1 is 0.792 bits per heavy atom. The molecule has 1 N–H and O–H groups in total. The zero-order valence-corrected chi connectivity index (χ0v) is 14.6. The standard InChI is InChI=1S/C22H27NO/c1-23(2)22-13-18(16-9-5-3-6-10-16)21(20(24)15-22)19(14-22)17-11-7-4-8-12-17/h3-12,18-21,24H,13-15H2,1-2H3. The van der Waals surface area contributed by atoms with Crippen molar-refractivity contribution in [1.82, 2.24) is 4.90 Å². The molecule has 0 saturated heterocycles. The van der Waals surface area contributed by atoms with Gasteiger partial charge in [-0.1, -0.05) is 60.7 Å². The van der Waals surface area contributed by atoms with Gasteiger partial charge in [0, 0.05) is 5.54 Å². The lowest BCUT2D eigenvalue weighted by atomic mass is 9.52. The van der Waals surface area contributed by atoms with Crippen molar-refractivity contribution >= 4 is 0 Å². The van der Waals surface area contributed by atoms with Crippen LogP contribution in [0.5, 0.6) is 0 Å². The molecule has 0 heterocycles. The van der Waals surface area contributed by atoms with Gasteiger partial charge in [0.15, 0.2) is 0 Å². The van der Waals surface area contributed by atoms with Crippen LogP contribution in [0.3, 0.4) is 0 Å². The fourth-order valence-electron chi connectivity index (χ4n) is 5.31. The van der Waals surface area contributed by atoms with E-state index in [1.807, 2.05) is 0 Å². The van der Waals surface area contributed by atoms with Crippen molar-refractivity contribution in [2.24, 2.45) is 5.92 Å². The Hall–Kier alpha value is -1.64. The number of benzene rings is 2. The van der Waals surface area contributed by atoms with E-state index in [0.29, 0.717) is 17.8 Å². The number of rotatable bonds is 3. The van der Waals surface area contributed by atoms with Gasteiger partial charge in [0.05, 0.1) is 6.10 Å². The van der Waals surface area contributed by atoms with Crippen molar-refractivity contribution in [2.45, 2.75) is 42.7 Å². The van der Waals surface area contributed by atoms with E-state index < -0.39 is 0 Å². The molecule has 2 aromatic rings. The average molecular weight is 321 g/mol. The molecule has 0 radical (unpaired) electrons. The summed E-state index contributed by atoms with van der Waals surface area (Å²) in [5, 5.41) is 11.1. The molecule has 2 aromatic carbocycles. The van der Waals surface area contributed by atoms with Gasteiger partial charge in [0.25, 0.3) is 0 Å². The fourth-order valence-corrected chi connectivity index (χ4v) is 5.31. The van der Waals surface area contributed by atoms with Crippen LogP contribution in [0, 0.1) is 5.92 Å². The van der Waals surface area contributed by atoms with Gasteiger partial charge in [-0.2, -0.15) is 0 Å². The zero-order valence-electron chi connectivity index (χ0n) is 14.6. The second-order valence-electron chi connectivity index (χ2n) is 7.91. The van der Waals surface area contributed by atoms with Crippen LogP contribution in [0.2, 0.25) is 0 Å². The Morgan fingerprint density at radius 3 is 1.67 bits per heavy atom. The molecule has 2 heteroatoms. The van der Waals surface area contributed by atoms with E-state index in [1.165, 1.54) is 11.1 Å². The first-order valence-corrected chi connectivity index (χ1v) is 9.06. The van der Waals surface area contributed by atoms with Crippen LogP contribution in [0.4, 0.5) is 0 Å². The van der Waals surface area contributed by atoms with Gasteiger partial charge in [-0.05, 0) is 62.2 Å². The van der Waals surface area contributed by atoms with Crippen LogP contribution >= 0.6 is 0 Å². The van der Waals surface area contributed by atoms with Crippen LogP contribution in [0.1, 0.15) is 42.2 Å². The van der Waals surface area contributed by atoms with Crippen LogP contribution in [-0.4, -0.2) is 35.7 Å². The van der Waals surface area contributed by atoms with Crippen LogP contribution in [0.25, 0.3) is 0 Å². The van der Waals surface area contributed by atoms with E-state index >= 15 is 0 Å². The van der Waals surface area contributed by atoms with Gasteiger partial charge >= 0.3 is 0 Å². The number of nitrogens with zero attached hydrogens (tertiary/aromatic N) is 1. The minimum atomic E-state index is -0.231. The third-order valence-corrected chi connectivity index (χ3v) is 6.57. The first-order valence-electron chi connectivity index (χ1n) is 9.06. The lowest BCUT2D eigenvalue weighted by Crippen LogP contribution is -2.60. The molecule has 3 aliphatic rings. The summed E-state index contributed by atoms with van der Waals surface area (Å²) < 4.78 is 0. The summed E-state index contributed by atoms with van der Waals surface area (Å²) >= 11 is 0. The Balaban J connectivity index is 1.80. The summed E-state index contributed by atoms with van der Waals surface area (Å²) in [6.07, 6.45) is 2.96. The van der Waals surface area contributed by atoms with Gasteiger partial charge in [0.2, 0.25) is 0 Å². The predicted molar refractivity (Wildman–Crippen MR) is 98.1 cm³/mol. The molecular formula is C22H27NO. The molecule has 2 bridgehead atoms. The van der Waals surface area contributed by atoms with Gasteiger partial charge in [-0.3, -0.25) is 0 Å². The maximum Gasteiger partial charge on any atom is 0.0597 e. The molecule has 3 fully saturated rings. The Labute approximate surface area is 145 Å². The summed E-state index contributed by atoms with van der Waals surface area (Å²) in [5.41, 5.74) is 2.86. The Morgan fingerprint density at radius 2 is 1.25 bits per heavy atom. The topological polar surface area (TPSA) is 23.5 Å². The minimum Gasteiger partial charge on any atom is -0.393 e. The number of aliphatic hydroxyl groups is 1. The molecule has 3 atom stereocenters. The monoisotopic (exact) mass is 321 g/mol. The highest BCUT2D eigenvalue weighted by molar-refractivity contribution is 5.32. The highest BCUT2D eigenvalue weighted by atomic mass is 16.3. The molecule has 0 spiro atoms. The van der Waals surface area contributed by atoms with Gasteiger partial charge in [-0.25, -0.2) is 0 Å². The minimum absolute atomic E-state index is 0.0924. The van der Waals surface area contributed by atoms with E-state index in [2.05, 4.69) is 79.7 Å². The summed E-state index contributed by atoms with van der Waals surface area (Å²) in [7, 11) is 4.37. The maximum atomic E-state index is 11.1. The Kier molecular flexibility index (Phi) is 3.98. The average Bonchev–Trinajstić information content (AvgIpc) is 2.62. The lowest BCUT2D eigenvalue weighted by molar-refractivity contribution is -0.0909. The van der Waals surface area contributed by atoms with E-state index in [0.717, 1.165) is 19.3 Å². The number of hydrogen-bond donors (Lipinski definition) is 1. The first-order chi connectivity index (χ1) is 11.6. The molecule has 3 unspecified atom stereocenters. The quantitative estimate of drug-likeness (QED) is 0.922. The van der Waals surface area contributed by atoms with Crippen molar-refractivity contribution in [1.29, 1.82) is 0 Å². The van der Waals surface area contributed by atoms with E-state index in [9.17, 15) is 5.11 Å². The molecule has 126 valence electrons. The smallest absolute Gasteiger partial charge is 0.0597 e. The molecule has 5 rings (SSSR count). The molecule has 0 amide bonds. The second-order valence-corrected chi connectivity index (χ2v) is 7.91. The van der Waals surface area contributed by atoms with Crippen molar-refractivity contribution in [3.63, 3.8) is 0 Å². The fraction of sp³-hybridized carbons (Fsp3) is 0.455. The molecule has 3 saturated carbocycles. The third kappa shape index (κ3) is 2.49. The van der Waals surface area contributed by atoms with Crippen LogP contribution in [-0.2, 0) is 0 Å². The lowest BCUT2D eigenvalue weighted by Gasteiger charge is -2.59. The predicted octanol–water partition coefficient (Wildman–Crippen LogP) is 4.03. The summed E-state index contributed by atoms with van der Waals surface area (Å²) in [6, 6.07) is 21.6. The van der Waals surface area contributed by atoms with Gasteiger partial charge < -0.3 is 10.0 Å². The zero-order chi connectivity index (χ0) is 16.7. The highest BCUT2D eigenvalue weighted by Crippen LogP contribution is 2.59. The van der Waals surface area contributed by atoms with Crippen molar-refractivity contribution in [2.75, 3.05) is 14.1 Å². The second kappa shape index (κ2) is 6.02. The van der Waals surface area contributed by atoms with E-state index in [1.54, 1.807) is 0 Å². The summed E-state index contributed by atoms with van der Waals surface area (Å²) in [6.45, 7) is 0. The van der Waals surface area contributed by atoms with E-state index in [-0.39, 0.29) is 11.6 Å². The number of hydrogen-bond acceptors (Lipinski definition) is 2. The molecule has 0 aromatic heterocycles. The largest absolute Gasteiger partial charge is 0.393 e. The Bertz CT molecular complexity index is 632. The van der Waals surface area contributed by atoms with E-state index in [4.69, 9.17) is 0 Å². The summed E-state index contributed by atoms with van der Waals surface area (Å²) in [4.78, 5) is 2.37. The summed E-state index contributed by atoms with van der Waals surface area (Å²) in [5.74, 6) is 1.17. The van der Waals surface area contributed by atoms with Crippen molar-refractivity contribution in [3.05, 3.63) is 71.8 Å². The third-order valence-electron chi connectivity index (χ3n) is 6.57. The van der Waals surface area contributed by atoms with Crippen LogP contribution in [0.15, 0.2) is 60.7 Å². The highest BCUT2D eigenvalue weighted by Gasteiger charge is 2.56. The molecule has 3 aliphatic carbocycles. The van der Waals surface area contributed by atoms with Crippen molar-refractivity contribution in [3.8, 4) is 0 Å². The molecule has 24 heavy (non-hydrogen) atoms. The van der Waals surface area contributed by atoms with Gasteiger partial charge in [0.1, 0.15) is 0 Å². The SMILES string of the molecule is CN(C)C12CC(O)C(C(c3ccccc3)C1)C(c1ccccc1)C2. The first kappa shape index (κ1) is 15.9. The number of fused-ring (bicyclic) bond motifs is 3. The maximum absolute atomic E-state index is 11.1.